The fraction of sp³-hybridized carbons (Fsp3) is 0.500. The molecule has 1 saturated heterocycles. The number of phenols is 1. The van der Waals surface area contributed by atoms with E-state index in [4.69, 9.17) is 9.15 Å². The van der Waals surface area contributed by atoms with Crippen LogP contribution < -0.4 is 4.90 Å². The van der Waals surface area contributed by atoms with Crippen LogP contribution in [0.25, 0.3) is 11.0 Å². The van der Waals surface area contributed by atoms with E-state index < -0.39 is 5.97 Å². The van der Waals surface area contributed by atoms with Crippen molar-refractivity contribution >= 4 is 16.9 Å². The zero-order chi connectivity index (χ0) is 16.6. The van der Waals surface area contributed by atoms with Gasteiger partial charge in [-0.2, -0.15) is 0 Å². The van der Waals surface area contributed by atoms with E-state index in [0.29, 0.717) is 34.8 Å². The van der Waals surface area contributed by atoms with Gasteiger partial charge in [0.25, 0.3) is 0 Å². The van der Waals surface area contributed by atoms with E-state index in [1.807, 2.05) is 0 Å². The molecule has 5 nitrogen and oxygen atoms in total. The van der Waals surface area contributed by atoms with Crippen molar-refractivity contribution in [1.29, 1.82) is 0 Å². The minimum Gasteiger partial charge on any atom is -0.507 e. The molecule has 2 aromatic rings. The fourth-order valence-corrected chi connectivity index (χ4v) is 3.70. The first-order valence-electron chi connectivity index (χ1n) is 8.17. The lowest BCUT2D eigenvalue weighted by atomic mass is 9.98. The van der Waals surface area contributed by atoms with Crippen LogP contribution in [0.2, 0.25) is 0 Å². The van der Waals surface area contributed by atoms with E-state index in [1.54, 1.807) is 19.1 Å². The minimum atomic E-state index is -0.421. The van der Waals surface area contributed by atoms with E-state index in [9.17, 15) is 9.90 Å². The normalized spacial score (nSPS) is 21.5. The molecule has 0 amide bonds. The monoisotopic (exact) mass is 318 g/mol. The number of carbonyl (C=O) groups is 1. The number of likely N-dealkylation sites (tertiary alicyclic amines) is 1. The minimum absolute atomic E-state index is 0.217. The number of benzene rings is 1. The quantitative estimate of drug-likeness (QED) is 0.850. The molecule has 0 saturated carbocycles. The van der Waals surface area contributed by atoms with E-state index in [1.165, 1.54) is 24.9 Å². The van der Waals surface area contributed by atoms with Gasteiger partial charge in [-0.3, -0.25) is 0 Å². The Morgan fingerprint density at radius 2 is 2.26 bits per heavy atom. The molecule has 2 N–H and O–H groups in total. The number of quaternary nitrogens is 1. The second-order valence-corrected chi connectivity index (χ2v) is 6.59. The summed E-state index contributed by atoms with van der Waals surface area (Å²) in [6, 6.07) is 3.36. The Morgan fingerprint density at radius 1 is 1.48 bits per heavy atom. The second kappa shape index (κ2) is 6.24. The third kappa shape index (κ3) is 2.93. The first-order valence-corrected chi connectivity index (χ1v) is 8.17. The maximum absolute atomic E-state index is 12.1. The largest absolute Gasteiger partial charge is 0.507 e. The summed E-state index contributed by atoms with van der Waals surface area (Å²) < 4.78 is 10.6. The van der Waals surface area contributed by atoms with Crippen LogP contribution in [0, 0.1) is 12.8 Å². The highest BCUT2D eigenvalue weighted by atomic mass is 16.5. The highest BCUT2D eigenvalue weighted by molar-refractivity contribution is 6.06. The number of fused-ring (bicyclic) bond motifs is 1. The summed E-state index contributed by atoms with van der Waals surface area (Å²) in [5, 5.41) is 11.1. The maximum Gasteiger partial charge on any atom is 0.342 e. The molecule has 2 atom stereocenters. The lowest BCUT2D eigenvalue weighted by molar-refractivity contribution is -0.922. The van der Waals surface area contributed by atoms with Crippen molar-refractivity contribution in [2.75, 3.05) is 20.2 Å². The summed E-state index contributed by atoms with van der Waals surface area (Å²) in [5.74, 6) is 1.01. The van der Waals surface area contributed by atoms with Crippen LogP contribution in [0.1, 0.15) is 41.4 Å². The van der Waals surface area contributed by atoms with Gasteiger partial charge in [-0.1, -0.05) is 6.92 Å². The maximum atomic E-state index is 12.1. The van der Waals surface area contributed by atoms with Gasteiger partial charge in [-0.05, 0) is 31.9 Å². The van der Waals surface area contributed by atoms with Crippen molar-refractivity contribution in [2.24, 2.45) is 5.92 Å². The number of phenolic OH excluding ortho intramolecular Hbond substituents is 1. The Kier molecular flexibility index (Phi) is 4.31. The highest BCUT2D eigenvalue weighted by Crippen LogP contribution is 2.33. The molecule has 1 aromatic heterocycles. The summed E-state index contributed by atoms with van der Waals surface area (Å²) in [4.78, 5) is 13.6. The number of hydrogen-bond donors (Lipinski definition) is 2. The number of hydrogen-bond acceptors (Lipinski definition) is 4. The number of ether oxygens (including phenoxy) is 1. The first kappa shape index (κ1) is 15.9. The molecule has 124 valence electrons. The van der Waals surface area contributed by atoms with E-state index in [0.717, 1.165) is 18.7 Å². The van der Waals surface area contributed by atoms with Gasteiger partial charge in [0.1, 0.15) is 29.2 Å². The third-order valence-corrected chi connectivity index (χ3v) is 4.80. The highest BCUT2D eigenvalue weighted by Gasteiger charge is 2.27. The zero-order valence-corrected chi connectivity index (χ0v) is 13.9. The van der Waals surface area contributed by atoms with Crippen molar-refractivity contribution in [1.82, 2.24) is 0 Å². The number of rotatable bonds is 3. The van der Waals surface area contributed by atoms with Gasteiger partial charge in [0, 0.05) is 11.3 Å². The van der Waals surface area contributed by atoms with E-state index in [2.05, 4.69) is 6.92 Å². The lowest BCUT2D eigenvalue weighted by Crippen LogP contribution is -3.12. The smallest absolute Gasteiger partial charge is 0.342 e. The van der Waals surface area contributed by atoms with Crippen LogP contribution in [0.4, 0.5) is 0 Å². The van der Waals surface area contributed by atoms with E-state index >= 15 is 0 Å². The average molecular weight is 318 g/mol. The van der Waals surface area contributed by atoms with Crippen molar-refractivity contribution in [2.45, 2.75) is 33.2 Å². The molecule has 0 bridgehead atoms. The molecule has 0 spiro atoms. The first-order chi connectivity index (χ1) is 11.0. The molecule has 1 fully saturated rings. The molecule has 0 radical (unpaired) electrons. The van der Waals surface area contributed by atoms with Crippen LogP contribution in [-0.2, 0) is 11.3 Å². The number of esters is 1. The van der Waals surface area contributed by atoms with Gasteiger partial charge in [0.15, 0.2) is 0 Å². The number of furan rings is 1. The SMILES string of the molecule is COC(=O)c1c(C)oc2ccc(O)c(C[NH+]3CCC[C@H](C)C3)c12. The van der Waals surface area contributed by atoms with Gasteiger partial charge in [-0.25, -0.2) is 4.79 Å². The number of nitrogens with one attached hydrogen (secondary N) is 1. The van der Waals surface area contributed by atoms with Crippen LogP contribution in [-0.4, -0.2) is 31.3 Å². The topological polar surface area (TPSA) is 64.1 Å². The Morgan fingerprint density at radius 3 is 2.96 bits per heavy atom. The predicted molar refractivity (Wildman–Crippen MR) is 86.8 cm³/mol. The molecular formula is C18H24NO4+. The van der Waals surface area contributed by atoms with E-state index in [-0.39, 0.29) is 5.75 Å². The van der Waals surface area contributed by atoms with Gasteiger partial charge >= 0.3 is 5.97 Å². The summed E-state index contributed by atoms with van der Waals surface area (Å²) in [7, 11) is 1.36. The summed E-state index contributed by atoms with van der Waals surface area (Å²) in [6.07, 6.45) is 2.46. The second-order valence-electron chi connectivity index (χ2n) is 6.59. The molecular weight excluding hydrogens is 294 g/mol. The summed E-state index contributed by atoms with van der Waals surface area (Å²) in [6.45, 7) is 6.88. The van der Waals surface area contributed by atoms with Crippen LogP contribution in [0.3, 0.4) is 0 Å². The molecule has 23 heavy (non-hydrogen) atoms. The molecule has 5 heteroatoms. The Bertz CT molecular complexity index is 734. The molecule has 3 rings (SSSR count). The molecule has 1 aliphatic rings. The van der Waals surface area contributed by atoms with Crippen LogP contribution in [0.15, 0.2) is 16.5 Å². The number of aromatic hydroxyl groups is 1. The van der Waals surface area contributed by atoms with Crippen molar-refractivity contribution < 1.29 is 24.0 Å². The lowest BCUT2D eigenvalue weighted by Gasteiger charge is -2.28. The number of methoxy groups -OCH3 is 1. The van der Waals surface area contributed by atoms with Crippen molar-refractivity contribution in [3.8, 4) is 5.75 Å². The van der Waals surface area contributed by atoms with Crippen LogP contribution >= 0.6 is 0 Å². The van der Waals surface area contributed by atoms with Gasteiger partial charge in [0.05, 0.1) is 25.8 Å². The Hall–Kier alpha value is -2.01. The van der Waals surface area contributed by atoms with Crippen molar-refractivity contribution in [3.05, 3.63) is 29.0 Å². The Labute approximate surface area is 135 Å². The van der Waals surface area contributed by atoms with Gasteiger partial charge in [-0.15, -0.1) is 0 Å². The Balaban J connectivity index is 2.07. The van der Waals surface area contributed by atoms with Crippen molar-refractivity contribution in [3.63, 3.8) is 0 Å². The molecule has 2 heterocycles. The third-order valence-electron chi connectivity index (χ3n) is 4.80. The number of aryl methyl sites for hydroxylation is 1. The molecule has 1 unspecified atom stereocenters. The average Bonchev–Trinajstić information content (AvgIpc) is 2.86. The number of piperidine rings is 1. The zero-order valence-electron chi connectivity index (χ0n) is 13.9. The molecule has 0 aliphatic carbocycles. The van der Waals surface area contributed by atoms with Crippen LogP contribution in [0.5, 0.6) is 5.75 Å². The fourth-order valence-electron chi connectivity index (χ4n) is 3.70. The number of carbonyl (C=O) groups excluding carboxylic acids is 1. The summed E-state index contributed by atoms with van der Waals surface area (Å²) in [5.41, 5.74) is 1.84. The van der Waals surface area contributed by atoms with Gasteiger partial charge in [0.2, 0.25) is 0 Å². The predicted octanol–water partition coefficient (Wildman–Crippen LogP) is 2.05. The molecule has 1 aliphatic heterocycles. The molecule has 1 aromatic carbocycles. The van der Waals surface area contributed by atoms with Gasteiger partial charge < -0.3 is 19.2 Å². The standard InChI is InChI=1S/C18H23NO4/c1-11-5-4-8-19(9-11)10-13-14(20)6-7-15-17(13)16(12(2)23-15)18(21)22-3/h6-7,11,20H,4-5,8-10H2,1-3H3/p+1/t11-/m0/s1. The summed E-state index contributed by atoms with van der Waals surface area (Å²) >= 11 is 0.